The Hall–Kier alpha value is -0.160. The molecule has 0 saturated carbocycles. The van der Waals surface area contributed by atoms with Crippen molar-refractivity contribution in [1.82, 2.24) is 0 Å². The van der Waals surface area contributed by atoms with Crippen LogP contribution in [0.5, 0.6) is 0 Å². The van der Waals surface area contributed by atoms with Gasteiger partial charge >= 0.3 is 0 Å². The lowest BCUT2D eigenvalue weighted by molar-refractivity contribution is -0.278. The Balaban J connectivity index is 1.96. The van der Waals surface area contributed by atoms with E-state index in [1.54, 1.807) is 0 Å². The molecule has 2 fully saturated rings. The Morgan fingerprint density at radius 1 is 1.16 bits per heavy atom. The molecule has 112 valence electrons. The highest BCUT2D eigenvalue weighted by molar-refractivity contribution is 4.82. The molecule has 0 bridgehead atoms. The van der Waals surface area contributed by atoms with Crippen LogP contribution in [-0.2, 0) is 14.2 Å². The molecule has 2 aliphatic rings. The topological polar surface area (TPSA) is 47.9 Å². The first-order valence-corrected chi connectivity index (χ1v) is 7.59. The molecule has 0 amide bonds. The fourth-order valence-electron chi connectivity index (χ4n) is 2.83. The Morgan fingerprint density at radius 2 is 1.89 bits per heavy atom. The van der Waals surface area contributed by atoms with Gasteiger partial charge in [0.1, 0.15) is 0 Å². The summed E-state index contributed by atoms with van der Waals surface area (Å²) in [6.07, 6.45) is 1.16. The maximum atomic E-state index is 10.1. The minimum Gasteiger partial charge on any atom is -0.393 e. The zero-order chi connectivity index (χ0) is 14.0. The normalized spacial score (nSPS) is 48.2. The van der Waals surface area contributed by atoms with Crippen molar-refractivity contribution in [1.29, 1.82) is 0 Å². The van der Waals surface area contributed by atoms with Crippen LogP contribution in [0, 0.1) is 17.8 Å². The molecule has 1 N–H and O–H groups in total. The summed E-state index contributed by atoms with van der Waals surface area (Å²) in [5, 5.41) is 10.1. The zero-order valence-corrected chi connectivity index (χ0v) is 12.5. The standard InChI is InChI=1S/C15H28O4/c1-5-12-6-13(16)11(4)15(18-12)19-14-8-17-7-9(2)10(14)3/h9-16H,5-8H2,1-4H3. The first-order valence-electron chi connectivity index (χ1n) is 7.59. The van der Waals surface area contributed by atoms with Gasteiger partial charge in [0.15, 0.2) is 6.29 Å². The van der Waals surface area contributed by atoms with E-state index in [1.807, 2.05) is 6.92 Å². The fraction of sp³-hybridized carbons (Fsp3) is 1.00. The van der Waals surface area contributed by atoms with Crippen LogP contribution >= 0.6 is 0 Å². The van der Waals surface area contributed by atoms with Crippen LogP contribution in [0.25, 0.3) is 0 Å². The molecule has 19 heavy (non-hydrogen) atoms. The highest BCUT2D eigenvalue weighted by Gasteiger charge is 2.38. The van der Waals surface area contributed by atoms with E-state index in [0.717, 1.165) is 13.0 Å². The van der Waals surface area contributed by atoms with E-state index in [4.69, 9.17) is 14.2 Å². The Bertz CT molecular complexity index is 283. The molecule has 2 heterocycles. The first kappa shape index (κ1) is 15.2. The molecule has 0 aliphatic carbocycles. The van der Waals surface area contributed by atoms with E-state index in [0.29, 0.717) is 24.9 Å². The van der Waals surface area contributed by atoms with Crippen molar-refractivity contribution >= 4 is 0 Å². The van der Waals surface area contributed by atoms with Crippen molar-refractivity contribution in [2.45, 2.75) is 65.1 Å². The van der Waals surface area contributed by atoms with Crippen LogP contribution in [0.2, 0.25) is 0 Å². The van der Waals surface area contributed by atoms with Crippen LogP contribution in [0.3, 0.4) is 0 Å². The highest BCUT2D eigenvalue weighted by atomic mass is 16.7. The van der Waals surface area contributed by atoms with Gasteiger partial charge in [0.2, 0.25) is 0 Å². The summed E-state index contributed by atoms with van der Waals surface area (Å²) >= 11 is 0. The smallest absolute Gasteiger partial charge is 0.163 e. The van der Waals surface area contributed by atoms with Gasteiger partial charge in [-0.05, 0) is 18.3 Å². The Morgan fingerprint density at radius 3 is 2.58 bits per heavy atom. The number of aliphatic hydroxyl groups excluding tert-OH is 1. The van der Waals surface area contributed by atoms with Crippen LogP contribution in [0.1, 0.15) is 40.5 Å². The van der Waals surface area contributed by atoms with Gasteiger partial charge in [0.05, 0.1) is 24.9 Å². The number of aliphatic hydroxyl groups is 1. The third kappa shape index (κ3) is 3.48. The van der Waals surface area contributed by atoms with Crippen molar-refractivity contribution in [3.63, 3.8) is 0 Å². The molecule has 7 atom stereocenters. The van der Waals surface area contributed by atoms with Gasteiger partial charge in [-0.25, -0.2) is 0 Å². The molecule has 2 saturated heterocycles. The van der Waals surface area contributed by atoms with Crippen molar-refractivity contribution in [3.05, 3.63) is 0 Å². The molecule has 4 nitrogen and oxygen atoms in total. The second kappa shape index (κ2) is 6.53. The van der Waals surface area contributed by atoms with Crippen molar-refractivity contribution in [2.75, 3.05) is 13.2 Å². The predicted molar refractivity (Wildman–Crippen MR) is 72.8 cm³/mol. The van der Waals surface area contributed by atoms with Gasteiger partial charge in [-0.3, -0.25) is 0 Å². The van der Waals surface area contributed by atoms with E-state index in [9.17, 15) is 5.11 Å². The van der Waals surface area contributed by atoms with Gasteiger partial charge in [0.25, 0.3) is 0 Å². The maximum Gasteiger partial charge on any atom is 0.163 e. The molecular formula is C15H28O4. The van der Waals surface area contributed by atoms with Crippen LogP contribution in [0.4, 0.5) is 0 Å². The van der Waals surface area contributed by atoms with E-state index in [-0.39, 0.29) is 30.5 Å². The largest absolute Gasteiger partial charge is 0.393 e. The average Bonchev–Trinajstić information content (AvgIpc) is 2.39. The Kier molecular flexibility index (Phi) is 5.23. The molecule has 4 heteroatoms. The quantitative estimate of drug-likeness (QED) is 0.855. The number of hydrogen-bond donors (Lipinski definition) is 1. The molecule has 0 spiro atoms. The van der Waals surface area contributed by atoms with Crippen LogP contribution in [0.15, 0.2) is 0 Å². The molecule has 0 radical (unpaired) electrons. The van der Waals surface area contributed by atoms with Crippen LogP contribution in [-0.4, -0.2) is 42.9 Å². The summed E-state index contributed by atoms with van der Waals surface area (Å²) in [4.78, 5) is 0. The van der Waals surface area contributed by atoms with Crippen LogP contribution < -0.4 is 0 Å². The molecule has 2 rings (SSSR count). The minimum atomic E-state index is -0.332. The lowest BCUT2D eigenvalue weighted by atomic mass is 9.89. The molecular weight excluding hydrogens is 244 g/mol. The molecule has 0 aromatic carbocycles. The fourth-order valence-corrected chi connectivity index (χ4v) is 2.83. The summed E-state index contributed by atoms with van der Waals surface area (Å²) < 4.78 is 17.7. The van der Waals surface area contributed by atoms with E-state index in [1.165, 1.54) is 0 Å². The lowest BCUT2D eigenvalue weighted by Gasteiger charge is -2.42. The van der Waals surface area contributed by atoms with E-state index >= 15 is 0 Å². The Labute approximate surface area is 116 Å². The third-order valence-electron chi connectivity index (χ3n) is 4.78. The highest BCUT2D eigenvalue weighted by Crippen LogP contribution is 2.31. The minimum absolute atomic E-state index is 0.0206. The molecule has 0 aromatic rings. The second-order valence-electron chi connectivity index (χ2n) is 6.25. The molecule has 0 aromatic heterocycles. The average molecular weight is 272 g/mol. The van der Waals surface area contributed by atoms with E-state index in [2.05, 4.69) is 20.8 Å². The summed E-state index contributed by atoms with van der Waals surface area (Å²) in [6, 6.07) is 0. The van der Waals surface area contributed by atoms with E-state index < -0.39 is 0 Å². The van der Waals surface area contributed by atoms with Crippen molar-refractivity contribution < 1.29 is 19.3 Å². The summed E-state index contributed by atoms with van der Waals surface area (Å²) in [6.45, 7) is 9.92. The maximum absolute atomic E-state index is 10.1. The lowest BCUT2D eigenvalue weighted by Crippen LogP contribution is -2.49. The van der Waals surface area contributed by atoms with Gasteiger partial charge in [-0.1, -0.05) is 27.7 Å². The number of hydrogen-bond acceptors (Lipinski definition) is 4. The van der Waals surface area contributed by atoms with Gasteiger partial charge in [-0.2, -0.15) is 0 Å². The van der Waals surface area contributed by atoms with Crippen molar-refractivity contribution in [2.24, 2.45) is 17.8 Å². The predicted octanol–water partition coefficient (Wildman–Crippen LogP) is 2.20. The second-order valence-corrected chi connectivity index (χ2v) is 6.25. The van der Waals surface area contributed by atoms with Gasteiger partial charge in [0, 0.05) is 18.9 Å². The van der Waals surface area contributed by atoms with Crippen molar-refractivity contribution in [3.8, 4) is 0 Å². The molecule has 2 aliphatic heterocycles. The summed E-state index contributed by atoms with van der Waals surface area (Å²) in [5.74, 6) is 0.987. The summed E-state index contributed by atoms with van der Waals surface area (Å²) in [5.41, 5.74) is 0. The molecule has 7 unspecified atom stereocenters. The SMILES string of the molecule is CCC1CC(O)C(C)C(OC2COCC(C)C2C)O1. The number of ether oxygens (including phenoxy) is 3. The first-order chi connectivity index (χ1) is 9.02. The summed E-state index contributed by atoms with van der Waals surface area (Å²) in [7, 11) is 0. The monoisotopic (exact) mass is 272 g/mol. The zero-order valence-electron chi connectivity index (χ0n) is 12.5. The van der Waals surface area contributed by atoms with Gasteiger partial charge < -0.3 is 19.3 Å². The van der Waals surface area contributed by atoms with Gasteiger partial charge in [-0.15, -0.1) is 0 Å². The third-order valence-corrected chi connectivity index (χ3v) is 4.78. The number of rotatable bonds is 3.